The lowest BCUT2D eigenvalue weighted by molar-refractivity contribution is 0.412. The third kappa shape index (κ3) is 2.50. The van der Waals surface area contributed by atoms with Crippen molar-refractivity contribution in [2.45, 2.75) is 27.2 Å². The smallest absolute Gasteiger partial charge is 0.101 e. The molecule has 0 saturated carbocycles. The first kappa shape index (κ1) is 10.6. The summed E-state index contributed by atoms with van der Waals surface area (Å²) in [6.45, 7) is 6.47. The Kier molecular flexibility index (Phi) is 2.81. The predicted octanol–water partition coefficient (Wildman–Crippen LogP) is 2.73. The molecule has 2 N–H and O–H groups in total. The molecular weight excluding hydrogens is 172 g/mol. The van der Waals surface area contributed by atoms with Gasteiger partial charge in [0.2, 0.25) is 0 Å². The summed E-state index contributed by atoms with van der Waals surface area (Å²) in [5.74, 6) is 0. The summed E-state index contributed by atoms with van der Waals surface area (Å²) in [5.41, 5.74) is 8.35. The van der Waals surface area contributed by atoms with Crippen LogP contribution in [0.15, 0.2) is 18.2 Å². The van der Waals surface area contributed by atoms with Crippen molar-refractivity contribution < 1.29 is 0 Å². The van der Waals surface area contributed by atoms with Crippen LogP contribution in [0.2, 0.25) is 0 Å². The van der Waals surface area contributed by atoms with Crippen molar-refractivity contribution in [2.75, 3.05) is 5.73 Å². The molecule has 0 bridgehead atoms. The molecule has 0 fully saturated rings. The molecule has 0 aliphatic rings. The Hall–Kier alpha value is -1.49. The molecule has 0 saturated heterocycles. The molecular formula is C12H16N2. The molecule has 0 amide bonds. The second kappa shape index (κ2) is 3.71. The van der Waals surface area contributed by atoms with Crippen LogP contribution in [0, 0.1) is 16.7 Å². The van der Waals surface area contributed by atoms with Crippen LogP contribution in [0.5, 0.6) is 0 Å². The van der Waals surface area contributed by atoms with Crippen molar-refractivity contribution in [2.24, 2.45) is 5.41 Å². The molecule has 14 heavy (non-hydrogen) atoms. The predicted molar refractivity (Wildman–Crippen MR) is 58.7 cm³/mol. The van der Waals surface area contributed by atoms with E-state index in [0.29, 0.717) is 11.3 Å². The van der Waals surface area contributed by atoms with E-state index in [4.69, 9.17) is 11.0 Å². The number of nitriles is 1. The zero-order valence-electron chi connectivity index (χ0n) is 8.96. The first-order valence-corrected chi connectivity index (χ1v) is 4.71. The largest absolute Gasteiger partial charge is 0.397 e. The zero-order chi connectivity index (χ0) is 10.8. The topological polar surface area (TPSA) is 49.8 Å². The van der Waals surface area contributed by atoms with E-state index in [1.54, 1.807) is 6.07 Å². The second-order valence-electron chi connectivity index (χ2n) is 4.73. The first-order valence-electron chi connectivity index (χ1n) is 4.71. The number of hydrogen-bond acceptors (Lipinski definition) is 2. The van der Waals surface area contributed by atoms with Gasteiger partial charge in [-0.3, -0.25) is 0 Å². The van der Waals surface area contributed by atoms with Gasteiger partial charge >= 0.3 is 0 Å². The van der Waals surface area contributed by atoms with E-state index in [9.17, 15) is 0 Å². The summed E-state index contributed by atoms with van der Waals surface area (Å²) in [6, 6.07) is 7.72. The Morgan fingerprint density at radius 1 is 1.36 bits per heavy atom. The molecule has 1 rings (SSSR count). The molecule has 0 heterocycles. The van der Waals surface area contributed by atoms with Gasteiger partial charge in [0.15, 0.2) is 0 Å². The van der Waals surface area contributed by atoms with Gasteiger partial charge in [-0.2, -0.15) is 5.26 Å². The minimum atomic E-state index is 0.197. The average Bonchev–Trinajstić information content (AvgIpc) is 2.06. The number of rotatable bonds is 1. The maximum absolute atomic E-state index is 8.81. The lowest BCUT2D eigenvalue weighted by Gasteiger charge is -2.19. The number of benzene rings is 1. The van der Waals surface area contributed by atoms with E-state index in [-0.39, 0.29) is 5.41 Å². The van der Waals surface area contributed by atoms with Crippen LogP contribution < -0.4 is 5.73 Å². The number of anilines is 1. The van der Waals surface area contributed by atoms with Gasteiger partial charge < -0.3 is 5.73 Å². The van der Waals surface area contributed by atoms with Crippen molar-refractivity contribution in [1.82, 2.24) is 0 Å². The van der Waals surface area contributed by atoms with Crippen LogP contribution in [0.1, 0.15) is 31.9 Å². The first-order chi connectivity index (χ1) is 6.44. The van der Waals surface area contributed by atoms with E-state index < -0.39 is 0 Å². The van der Waals surface area contributed by atoms with Gasteiger partial charge in [-0.1, -0.05) is 32.9 Å². The summed E-state index contributed by atoms with van der Waals surface area (Å²) in [6.07, 6.45) is 0.897. The third-order valence-electron chi connectivity index (χ3n) is 2.04. The molecule has 0 aromatic heterocycles. The fraction of sp³-hybridized carbons (Fsp3) is 0.417. The standard InChI is InChI=1S/C12H16N2/c1-12(2,3)7-9-5-4-6-10(8-13)11(9)14/h4-6H,7,14H2,1-3H3. The van der Waals surface area contributed by atoms with Gasteiger partial charge in [0.1, 0.15) is 6.07 Å². The molecule has 0 unspecified atom stereocenters. The van der Waals surface area contributed by atoms with E-state index in [2.05, 4.69) is 26.8 Å². The number of nitrogen functional groups attached to an aromatic ring is 1. The highest BCUT2D eigenvalue weighted by Gasteiger charge is 2.14. The van der Waals surface area contributed by atoms with Crippen LogP contribution in [-0.4, -0.2) is 0 Å². The fourth-order valence-electron chi connectivity index (χ4n) is 1.44. The molecule has 0 spiro atoms. The van der Waals surface area contributed by atoms with Gasteiger partial charge in [-0.25, -0.2) is 0 Å². The van der Waals surface area contributed by atoms with Gasteiger partial charge in [-0.05, 0) is 23.5 Å². The van der Waals surface area contributed by atoms with Crippen LogP contribution >= 0.6 is 0 Å². The summed E-state index contributed by atoms with van der Waals surface area (Å²) in [7, 11) is 0. The Bertz CT molecular complexity index is 367. The zero-order valence-corrected chi connectivity index (χ0v) is 8.96. The van der Waals surface area contributed by atoms with Crippen molar-refractivity contribution in [3.63, 3.8) is 0 Å². The van der Waals surface area contributed by atoms with Crippen LogP contribution in [0.4, 0.5) is 5.69 Å². The summed E-state index contributed by atoms with van der Waals surface area (Å²) in [5, 5.41) is 8.81. The Morgan fingerprint density at radius 2 is 2.00 bits per heavy atom. The molecule has 2 nitrogen and oxygen atoms in total. The molecule has 1 aromatic rings. The third-order valence-corrected chi connectivity index (χ3v) is 2.04. The van der Waals surface area contributed by atoms with Gasteiger partial charge in [0.05, 0.1) is 11.3 Å². The quantitative estimate of drug-likeness (QED) is 0.689. The molecule has 0 atom stereocenters. The Morgan fingerprint density at radius 3 is 2.50 bits per heavy atom. The SMILES string of the molecule is CC(C)(C)Cc1cccc(C#N)c1N. The van der Waals surface area contributed by atoms with Gasteiger partial charge in [0.25, 0.3) is 0 Å². The molecule has 0 aliphatic heterocycles. The Labute approximate surface area is 85.4 Å². The van der Waals surface area contributed by atoms with Crippen LogP contribution in [0.25, 0.3) is 0 Å². The summed E-state index contributed by atoms with van der Waals surface area (Å²) >= 11 is 0. The minimum Gasteiger partial charge on any atom is -0.397 e. The Balaban J connectivity index is 3.06. The van der Waals surface area contributed by atoms with Gasteiger partial charge in [-0.15, -0.1) is 0 Å². The molecule has 2 heteroatoms. The number of hydrogen-bond donors (Lipinski definition) is 1. The fourth-order valence-corrected chi connectivity index (χ4v) is 1.44. The number of nitrogens with zero attached hydrogens (tertiary/aromatic N) is 1. The highest BCUT2D eigenvalue weighted by Crippen LogP contribution is 2.25. The molecule has 0 radical (unpaired) electrons. The highest BCUT2D eigenvalue weighted by atomic mass is 14.6. The molecule has 1 aromatic carbocycles. The summed E-state index contributed by atoms with van der Waals surface area (Å²) in [4.78, 5) is 0. The van der Waals surface area contributed by atoms with E-state index >= 15 is 0 Å². The van der Waals surface area contributed by atoms with E-state index in [0.717, 1.165) is 12.0 Å². The van der Waals surface area contributed by atoms with E-state index in [1.807, 2.05) is 12.1 Å². The average molecular weight is 188 g/mol. The normalized spacial score (nSPS) is 11.0. The molecule has 74 valence electrons. The van der Waals surface area contributed by atoms with Gasteiger partial charge in [0, 0.05) is 0 Å². The van der Waals surface area contributed by atoms with Crippen LogP contribution in [-0.2, 0) is 6.42 Å². The maximum Gasteiger partial charge on any atom is 0.101 e. The van der Waals surface area contributed by atoms with Crippen molar-refractivity contribution >= 4 is 5.69 Å². The summed E-state index contributed by atoms with van der Waals surface area (Å²) < 4.78 is 0. The number of nitrogens with two attached hydrogens (primary N) is 1. The lowest BCUT2D eigenvalue weighted by atomic mass is 9.87. The molecule has 0 aliphatic carbocycles. The minimum absolute atomic E-state index is 0.197. The highest BCUT2D eigenvalue weighted by molar-refractivity contribution is 5.59. The van der Waals surface area contributed by atoms with Crippen molar-refractivity contribution in [3.8, 4) is 6.07 Å². The van der Waals surface area contributed by atoms with Crippen molar-refractivity contribution in [3.05, 3.63) is 29.3 Å². The maximum atomic E-state index is 8.81. The van der Waals surface area contributed by atoms with Crippen molar-refractivity contribution in [1.29, 1.82) is 5.26 Å². The van der Waals surface area contributed by atoms with E-state index in [1.165, 1.54) is 0 Å². The second-order valence-corrected chi connectivity index (χ2v) is 4.73. The monoisotopic (exact) mass is 188 g/mol. The number of para-hydroxylation sites is 1. The lowest BCUT2D eigenvalue weighted by Crippen LogP contribution is -2.11. The van der Waals surface area contributed by atoms with Crippen LogP contribution in [0.3, 0.4) is 0 Å².